The van der Waals surface area contributed by atoms with Crippen LogP contribution in [0, 0.1) is 6.92 Å². The number of piperidine rings is 1. The molecule has 3 heterocycles. The van der Waals surface area contributed by atoms with Crippen molar-refractivity contribution in [3.63, 3.8) is 0 Å². The van der Waals surface area contributed by atoms with E-state index in [1.165, 1.54) is 10.9 Å². The van der Waals surface area contributed by atoms with E-state index >= 15 is 0 Å². The molecule has 0 aliphatic carbocycles. The summed E-state index contributed by atoms with van der Waals surface area (Å²) >= 11 is 1.60. The number of benzene rings is 3. The molecule has 5 nitrogen and oxygen atoms in total. The van der Waals surface area contributed by atoms with Gasteiger partial charge in [-0.2, -0.15) is 0 Å². The summed E-state index contributed by atoms with van der Waals surface area (Å²) in [6.45, 7) is 4.95. The summed E-state index contributed by atoms with van der Waals surface area (Å²) in [4.78, 5) is 25.2. The van der Waals surface area contributed by atoms with Crippen molar-refractivity contribution in [2.24, 2.45) is 0 Å². The Balaban J connectivity index is 1.08. The van der Waals surface area contributed by atoms with E-state index < -0.39 is 0 Å². The summed E-state index contributed by atoms with van der Waals surface area (Å²) in [6, 6.07) is 28.8. The molecule has 1 fully saturated rings. The van der Waals surface area contributed by atoms with Crippen molar-refractivity contribution in [3.8, 4) is 11.1 Å². The number of nitrogens with one attached hydrogen (secondary N) is 1. The number of thiazole rings is 1. The van der Waals surface area contributed by atoms with Crippen molar-refractivity contribution in [2.75, 3.05) is 18.4 Å². The molecule has 190 valence electrons. The zero-order chi connectivity index (χ0) is 25.9. The molecule has 0 unspecified atom stereocenters. The van der Waals surface area contributed by atoms with Gasteiger partial charge in [0.05, 0.1) is 16.2 Å². The highest BCUT2D eigenvalue weighted by Gasteiger charge is 2.24. The van der Waals surface area contributed by atoms with Gasteiger partial charge in [0.2, 0.25) is 0 Å². The lowest BCUT2D eigenvalue weighted by Gasteiger charge is -2.30. The van der Waals surface area contributed by atoms with Crippen LogP contribution in [0.3, 0.4) is 0 Å². The number of rotatable bonds is 6. The number of amides is 1. The lowest BCUT2D eigenvalue weighted by Crippen LogP contribution is -2.32. The Kier molecular flexibility index (Phi) is 6.99. The first-order chi connectivity index (χ1) is 18.6. The molecular weight excluding hydrogens is 488 g/mol. The van der Waals surface area contributed by atoms with Gasteiger partial charge in [-0.1, -0.05) is 72.3 Å². The molecule has 1 N–H and O–H groups in total. The lowest BCUT2D eigenvalue weighted by molar-refractivity contribution is 0.102. The first kappa shape index (κ1) is 24.5. The predicted molar refractivity (Wildman–Crippen MR) is 156 cm³/mol. The van der Waals surface area contributed by atoms with Crippen molar-refractivity contribution in [1.29, 1.82) is 0 Å². The minimum Gasteiger partial charge on any atom is -0.320 e. The SMILES string of the molecule is Cc1ccc(-c2ccccc2NC(=O)c2csc(C3CCN(Cc4ccc5ccccc5n4)CC3)n2)cc1. The molecule has 0 bridgehead atoms. The second-order valence-corrected chi connectivity index (χ2v) is 10.9. The smallest absolute Gasteiger partial charge is 0.275 e. The summed E-state index contributed by atoms with van der Waals surface area (Å²) in [5, 5.41) is 7.23. The first-order valence-corrected chi connectivity index (χ1v) is 14.0. The average molecular weight is 519 g/mol. The second kappa shape index (κ2) is 10.9. The largest absolute Gasteiger partial charge is 0.320 e. The number of carbonyl (C=O) groups is 1. The molecule has 1 aliphatic heterocycles. The van der Waals surface area contributed by atoms with Crippen LogP contribution in [0.5, 0.6) is 0 Å². The second-order valence-electron chi connectivity index (χ2n) is 9.98. The number of anilines is 1. The number of pyridine rings is 1. The fourth-order valence-electron chi connectivity index (χ4n) is 5.11. The summed E-state index contributed by atoms with van der Waals surface area (Å²) in [5.74, 6) is 0.231. The molecular formula is C32H30N4OS. The van der Waals surface area contributed by atoms with E-state index in [0.29, 0.717) is 11.6 Å². The Morgan fingerprint density at radius 1 is 0.921 bits per heavy atom. The molecule has 6 rings (SSSR count). The predicted octanol–water partition coefficient (Wildman–Crippen LogP) is 7.30. The molecule has 0 saturated carbocycles. The molecule has 0 radical (unpaired) electrons. The van der Waals surface area contributed by atoms with Crippen LogP contribution in [0.2, 0.25) is 0 Å². The molecule has 0 spiro atoms. The van der Waals surface area contributed by atoms with E-state index in [1.807, 2.05) is 41.8 Å². The zero-order valence-electron chi connectivity index (χ0n) is 21.4. The van der Waals surface area contributed by atoms with Crippen molar-refractivity contribution in [2.45, 2.75) is 32.2 Å². The fourth-order valence-corrected chi connectivity index (χ4v) is 6.08. The summed E-state index contributed by atoms with van der Waals surface area (Å²) in [7, 11) is 0. The van der Waals surface area contributed by atoms with Crippen LogP contribution in [-0.2, 0) is 6.54 Å². The van der Waals surface area contributed by atoms with E-state index in [0.717, 1.165) is 65.5 Å². The Hall–Kier alpha value is -3.87. The quantitative estimate of drug-likeness (QED) is 0.256. The number of hydrogen-bond acceptors (Lipinski definition) is 5. The van der Waals surface area contributed by atoms with Gasteiger partial charge < -0.3 is 5.32 Å². The maximum Gasteiger partial charge on any atom is 0.275 e. The summed E-state index contributed by atoms with van der Waals surface area (Å²) in [5.41, 5.74) is 6.75. The lowest BCUT2D eigenvalue weighted by atomic mass is 9.97. The van der Waals surface area contributed by atoms with Crippen LogP contribution in [0.4, 0.5) is 5.69 Å². The number of likely N-dealkylation sites (tertiary alicyclic amines) is 1. The van der Waals surface area contributed by atoms with Crippen LogP contribution in [0.25, 0.3) is 22.0 Å². The highest BCUT2D eigenvalue weighted by atomic mass is 32.1. The van der Waals surface area contributed by atoms with E-state index in [9.17, 15) is 4.79 Å². The average Bonchev–Trinajstić information content (AvgIpc) is 3.45. The number of hydrogen-bond donors (Lipinski definition) is 1. The normalized spacial score (nSPS) is 14.6. The highest BCUT2D eigenvalue weighted by Crippen LogP contribution is 2.32. The number of fused-ring (bicyclic) bond motifs is 1. The molecule has 1 aliphatic rings. The Morgan fingerprint density at radius 3 is 2.53 bits per heavy atom. The topological polar surface area (TPSA) is 58.1 Å². The Morgan fingerprint density at radius 2 is 1.68 bits per heavy atom. The van der Waals surface area contributed by atoms with Crippen LogP contribution >= 0.6 is 11.3 Å². The third-order valence-electron chi connectivity index (χ3n) is 7.27. The molecule has 2 aromatic heterocycles. The van der Waals surface area contributed by atoms with Crippen molar-refractivity contribution < 1.29 is 4.79 Å². The molecule has 5 aromatic rings. The van der Waals surface area contributed by atoms with Crippen LogP contribution in [0.1, 0.15) is 45.5 Å². The number of carbonyl (C=O) groups excluding carboxylic acids is 1. The standard InChI is InChI=1S/C32H30N4OS/c1-22-10-12-23(13-11-22)27-7-3-5-9-29(27)34-31(37)30-21-38-32(35-30)25-16-18-36(19-17-25)20-26-15-14-24-6-2-4-8-28(24)33-26/h2-15,21,25H,16-20H2,1H3,(H,34,37). The van der Waals surface area contributed by atoms with Crippen molar-refractivity contribution in [1.82, 2.24) is 14.9 Å². The molecule has 1 saturated heterocycles. The molecule has 1 amide bonds. The van der Waals surface area contributed by atoms with Crippen LogP contribution < -0.4 is 5.32 Å². The van der Waals surface area contributed by atoms with Gasteiger partial charge in [0.1, 0.15) is 5.69 Å². The molecule has 3 aromatic carbocycles. The Labute approximate surface area is 227 Å². The molecule has 6 heteroatoms. The molecule has 38 heavy (non-hydrogen) atoms. The van der Waals surface area contributed by atoms with Gasteiger partial charge in [-0.15, -0.1) is 11.3 Å². The van der Waals surface area contributed by atoms with Crippen molar-refractivity contribution in [3.05, 3.63) is 112 Å². The van der Waals surface area contributed by atoms with E-state index in [2.05, 4.69) is 65.7 Å². The van der Waals surface area contributed by atoms with Gasteiger partial charge in [0.25, 0.3) is 5.91 Å². The third kappa shape index (κ3) is 5.37. The monoisotopic (exact) mass is 518 g/mol. The van der Waals surface area contributed by atoms with E-state index in [-0.39, 0.29) is 5.91 Å². The van der Waals surface area contributed by atoms with Gasteiger partial charge in [-0.05, 0) is 56.6 Å². The van der Waals surface area contributed by atoms with E-state index in [1.54, 1.807) is 11.3 Å². The van der Waals surface area contributed by atoms with Crippen molar-refractivity contribution >= 4 is 33.8 Å². The minimum atomic E-state index is -0.160. The molecule has 0 atom stereocenters. The fraction of sp³-hybridized carbons (Fsp3) is 0.219. The van der Waals surface area contributed by atoms with Gasteiger partial charge >= 0.3 is 0 Å². The number of aryl methyl sites for hydroxylation is 1. The maximum atomic E-state index is 13.1. The summed E-state index contributed by atoms with van der Waals surface area (Å²) < 4.78 is 0. The van der Waals surface area contributed by atoms with Gasteiger partial charge in [0, 0.05) is 34.5 Å². The number of aromatic nitrogens is 2. The van der Waals surface area contributed by atoms with Gasteiger partial charge in [-0.3, -0.25) is 14.7 Å². The minimum absolute atomic E-state index is 0.160. The van der Waals surface area contributed by atoms with Crippen LogP contribution in [0.15, 0.2) is 90.3 Å². The number of para-hydroxylation sites is 2. The summed E-state index contributed by atoms with van der Waals surface area (Å²) in [6.07, 6.45) is 2.08. The maximum absolute atomic E-state index is 13.1. The van der Waals surface area contributed by atoms with Crippen LogP contribution in [-0.4, -0.2) is 33.9 Å². The highest BCUT2D eigenvalue weighted by molar-refractivity contribution is 7.10. The first-order valence-electron chi connectivity index (χ1n) is 13.1. The van der Waals surface area contributed by atoms with Gasteiger partial charge in [0.15, 0.2) is 0 Å². The third-order valence-corrected chi connectivity index (χ3v) is 8.28. The number of nitrogens with zero attached hydrogens (tertiary/aromatic N) is 3. The zero-order valence-corrected chi connectivity index (χ0v) is 22.2. The Bertz CT molecular complexity index is 1570. The van der Waals surface area contributed by atoms with Gasteiger partial charge in [-0.25, -0.2) is 4.98 Å². The van der Waals surface area contributed by atoms with E-state index in [4.69, 9.17) is 9.97 Å².